The molecule has 0 radical (unpaired) electrons. The summed E-state index contributed by atoms with van der Waals surface area (Å²) >= 11 is 0. The van der Waals surface area contributed by atoms with Crippen molar-refractivity contribution in [1.29, 1.82) is 0 Å². The smallest absolute Gasteiger partial charge is 0.253 e. The van der Waals surface area contributed by atoms with E-state index in [9.17, 15) is 14.0 Å². The highest BCUT2D eigenvalue weighted by molar-refractivity contribution is 6.04. The van der Waals surface area contributed by atoms with Crippen LogP contribution in [-0.4, -0.2) is 36.3 Å². The number of piperidine rings is 1. The Hall–Kier alpha value is -2.73. The van der Waals surface area contributed by atoms with Crippen LogP contribution in [0.4, 0.5) is 10.1 Å². The maximum Gasteiger partial charge on any atom is 0.253 e. The first-order chi connectivity index (χ1) is 14.6. The fourth-order valence-corrected chi connectivity index (χ4v) is 3.72. The molecule has 0 bridgehead atoms. The Morgan fingerprint density at radius 2 is 1.77 bits per heavy atom. The van der Waals surface area contributed by atoms with Gasteiger partial charge in [-0.2, -0.15) is 0 Å². The number of amides is 2. The third kappa shape index (κ3) is 5.89. The second-order valence-electron chi connectivity index (χ2n) is 7.79. The molecule has 0 saturated carbocycles. The lowest BCUT2D eigenvalue weighted by Crippen LogP contribution is -2.38. The van der Waals surface area contributed by atoms with Crippen LogP contribution < -0.4 is 10.6 Å². The number of carbonyl (C=O) groups excluding carboxylic acids is 2. The Morgan fingerprint density at radius 1 is 1.07 bits per heavy atom. The van der Waals surface area contributed by atoms with Crippen LogP contribution in [0.2, 0.25) is 0 Å². The molecule has 0 aromatic heterocycles. The molecule has 0 aliphatic carbocycles. The number of benzene rings is 2. The first-order valence-electron chi connectivity index (χ1n) is 10.7. The van der Waals surface area contributed by atoms with Crippen LogP contribution in [0.15, 0.2) is 48.5 Å². The molecule has 1 heterocycles. The number of rotatable bonds is 8. The van der Waals surface area contributed by atoms with Crippen molar-refractivity contribution in [2.24, 2.45) is 5.92 Å². The first-order valence-corrected chi connectivity index (χ1v) is 10.7. The predicted molar refractivity (Wildman–Crippen MR) is 117 cm³/mol. The summed E-state index contributed by atoms with van der Waals surface area (Å²) in [6.45, 7) is 4.74. The molecule has 1 saturated heterocycles. The van der Waals surface area contributed by atoms with Gasteiger partial charge in [-0.1, -0.05) is 43.7 Å². The van der Waals surface area contributed by atoms with Gasteiger partial charge in [0.15, 0.2) is 0 Å². The normalized spacial score (nSPS) is 15.0. The molecule has 2 N–H and O–H groups in total. The van der Waals surface area contributed by atoms with E-state index in [0.717, 1.165) is 25.9 Å². The number of nitrogens with zero attached hydrogens (tertiary/aromatic N) is 1. The standard InChI is InChI=1S/C24H30FN3O2/c1-2-3-14-26-24(30)20-9-5-7-11-22(20)27-23(29)18-12-15-28(16-13-18)17-19-8-4-6-10-21(19)25/h4-11,18H,2-3,12-17H2,1H3,(H,26,30)(H,27,29). The van der Waals surface area contributed by atoms with Gasteiger partial charge in [-0.15, -0.1) is 0 Å². The zero-order valence-corrected chi connectivity index (χ0v) is 17.5. The van der Waals surface area contributed by atoms with Gasteiger partial charge in [0.1, 0.15) is 5.82 Å². The van der Waals surface area contributed by atoms with Crippen LogP contribution in [0.5, 0.6) is 0 Å². The third-order valence-corrected chi connectivity index (χ3v) is 5.56. The number of likely N-dealkylation sites (tertiary alicyclic amines) is 1. The number of hydrogen-bond acceptors (Lipinski definition) is 3. The average Bonchev–Trinajstić information content (AvgIpc) is 2.76. The topological polar surface area (TPSA) is 61.4 Å². The first kappa shape index (κ1) is 22.0. The van der Waals surface area contributed by atoms with Crippen molar-refractivity contribution in [2.75, 3.05) is 25.0 Å². The number of unbranched alkanes of at least 4 members (excludes halogenated alkanes) is 1. The SMILES string of the molecule is CCCCNC(=O)c1ccccc1NC(=O)C1CCN(Cc2ccccc2F)CC1. The minimum atomic E-state index is -0.189. The maximum absolute atomic E-state index is 13.9. The maximum atomic E-state index is 13.9. The van der Waals surface area contributed by atoms with E-state index in [2.05, 4.69) is 22.5 Å². The molecule has 2 aromatic carbocycles. The van der Waals surface area contributed by atoms with Crippen molar-refractivity contribution in [3.05, 3.63) is 65.5 Å². The molecular formula is C24H30FN3O2. The van der Waals surface area contributed by atoms with Crippen LogP contribution in [0, 0.1) is 11.7 Å². The quantitative estimate of drug-likeness (QED) is 0.640. The van der Waals surface area contributed by atoms with Crippen LogP contribution in [0.25, 0.3) is 0 Å². The highest BCUT2D eigenvalue weighted by atomic mass is 19.1. The zero-order chi connectivity index (χ0) is 21.3. The van der Waals surface area contributed by atoms with Crippen molar-refractivity contribution in [2.45, 2.75) is 39.2 Å². The molecular weight excluding hydrogens is 381 g/mol. The minimum absolute atomic E-state index is 0.0608. The second kappa shape index (κ2) is 10.9. The van der Waals surface area contributed by atoms with E-state index in [0.29, 0.717) is 42.7 Å². The van der Waals surface area contributed by atoms with Crippen molar-refractivity contribution >= 4 is 17.5 Å². The van der Waals surface area contributed by atoms with E-state index in [1.807, 2.05) is 12.1 Å². The predicted octanol–water partition coefficient (Wildman–Crippen LogP) is 4.21. The molecule has 1 aliphatic heterocycles. The summed E-state index contributed by atoms with van der Waals surface area (Å²) < 4.78 is 13.9. The molecule has 1 aliphatic rings. The monoisotopic (exact) mass is 411 g/mol. The van der Waals surface area contributed by atoms with E-state index in [1.165, 1.54) is 6.07 Å². The number of para-hydroxylation sites is 1. The summed E-state index contributed by atoms with van der Waals surface area (Å²) in [5.74, 6) is -0.530. The van der Waals surface area contributed by atoms with Crippen LogP contribution in [0.3, 0.4) is 0 Å². The Bertz CT molecular complexity index is 863. The number of anilines is 1. The van der Waals surface area contributed by atoms with Gasteiger partial charge in [-0.25, -0.2) is 4.39 Å². The molecule has 0 unspecified atom stereocenters. The summed E-state index contributed by atoms with van der Waals surface area (Å²) in [4.78, 5) is 27.4. The molecule has 0 atom stereocenters. The summed E-state index contributed by atoms with van der Waals surface area (Å²) in [6, 6.07) is 13.9. The Kier molecular flexibility index (Phi) is 7.97. The number of hydrogen-bond donors (Lipinski definition) is 2. The molecule has 30 heavy (non-hydrogen) atoms. The summed E-state index contributed by atoms with van der Waals surface area (Å²) in [5, 5.41) is 5.85. The van der Waals surface area contributed by atoms with Gasteiger partial charge in [-0.3, -0.25) is 14.5 Å². The molecule has 2 amide bonds. The third-order valence-electron chi connectivity index (χ3n) is 5.56. The van der Waals surface area contributed by atoms with E-state index >= 15 is 0 Å². The van der Waals surface area contributed by atoms with E-state index < -0.39 is 0 Å². The fourth-order valence-electron chi connectivity index (χ4n) is 3.72. The Balaban J connectivity index is 1.54. The lowest BCUT2D eigenvalue weighted by molar-refractivity contribution is -0.121. The molecule has 3 rings (SSSR count). The van der Waals surface area contributed by atoms with Gasteiger partial charge in [-0.05, 0) is 50.6 Å². The zero-order valence-electron chi connectivity index (χ0n) is 17.5. The van der Waals surface area contributed by atoms with E-state index in [-0.39, 0.29) is 23.5 Å². The number of halogens is 1. The fraction of sp³-hybridized carbons (Fsp3) is 0.417. The number of carbonyl (C=O) groups is 2. The van der Waals surface area contributed by atoms with Gasteiger partial charge in [0.05, 0.1) is 11.3 Å². The van der Waals surface area contributed by atoms with Crippen LogP contribution in [0.1, 0.15) is 48.5 Å². The van der Waals surface area contributed by atoms with Crippen molar-refractivity contribution < 1.29 is 14.0 Å². The molecule has 2 aromatic rings. The van der Waals surface area contributed by atoms with Gasteiger partial charge in [0.2, 0.25) is 5.91 Å². The summed E-state index contributed by atoms with van der Waals surface area (Å²) in [5.41, 5.74) is 1.72. The van der Waals surface area contributed by atoms with Crippen molar-refractivity contribution in [3.63, 3.8) is 0 Å². The lowest BCUT2D eigenvalue weighted by Gasteiger charge is -2.31. The lowest BCUT2D eigenvalue weighted by atomic mass is 9.95. The van der Waals surface area contributed by atoms with Crippen molar-refractivity contribution in [1.82, 2.24) is 10.2 Å². The highest BCUT2D eigenvalue weighted by Gasteiger charge is 2.26. The Morgan fingerprint density at radius 3 is 2.50 bits per heavy atom. The van der Waals surface area contributed by atoms with Gasteiger partial charge in [0.25, 0.3) is 5.91 Å². The summed E-state index contributed by atoms with van der Waals surface area (Å²) in [6.07, 6.45) is 3.36. The minimum Gasteiger partial charge on any atom is -0.352 e. The molecule has 6 heteroatoms. The second-order valence-corrected chi connectivity index (χ2v) is 7.79. The van der Waals surface area contributed by atoms with E-state index in [4.69, 9.17) is 0 Å². The van der Waals surface area contributed by atoms with Gasteiger partial charge in [0, 0.05) is 24.6 Å². The largest absolute Gasteiger partial charge is 0.352 e. The molecule has 1 fully saturated rings. The molecule has 5 nitrogen and oxygen atoms in total. The van der Waals surface area contributed by atoms with Crippen molar-refractivity contribution in [3.8, 4) is 0 Å². The van der Waals surface area contributed by atoms with Crippen LogP contribution >= 0.6 is 0 Å². The van der Waals surface area contributed by atoms with E-state index in [1.54, 1.807) is 30.3 Å². The summed E-state index contributed by atoms with van der Waals surface area (Å²) in [7, 11) is 0. The average molecular weight is 412 g/mol. The van der Waals surface area contributed by atoms with Gasteiger partial charge < -0.3 is 10.6 Å². The van der Waals surface area contributed by atoms with Crippen LogP contribution in [-0.2, 0) is 11.3 Å². The number of nitrogens with one attached hydrogen (secondary N) is 2. The molecule has 160 valence electrons. The molecule has 0 spiro atoms. The Labute approximate surface area is 177 Å². The van der Waals surface area contributed by atoms with Gasteiger partial charge >= 0.3 is 0 Å². The highest BCUT2D eigenvalue weighted by Crippen LogP contribution is 2.23.